The maximum atomic E-state index is 9.86. The standard InChI is InChI=1S/C9H10N4O/c1-13-5-3-8(12-13)9(14)7-2-4-10-11-6-7/h2-6,9,14H,1H3. The number of aliphatic hydroxyl groups excluding tert-OH is 1. The first kappa shape index (κ1) is 8.83. The molecule has 72 valence electrons. The maximum Gasteiger partial charge on any atom is 0.124 e. The monoisotopic (exact) mass is 190 g/mol. The van der Waals surface area contributed by atoms with Crippen LogP contribution in [0.5, 0.6) is 0 Å². The van der Waals surface area contributed by atoms with Gasteiger partial charge in [-0.3, -0.25) is 4.68 Å². The molecular weight excluding hydrogens is 180 g/mol. The van der Waals surface area contributed by atoms with Crippen LogP contribution in [-0.2, 0) is 7.05 Å². The van der Waals surface area contributed by atoms with Gasteiger partial charge in [0.2, 0.25) is 0 Å². The molecule has 0 saturated carbocycles. The number of hydrogen-bond acceptors (Lipinski definition) is 4. The molecule has 1 unspecified atom stereocenters. The molecule has 0 aliphatic carbocycles. The van der Waals surface area contributed by atoms with Crippen LogP contribution >= 0.6 is 0 Å². The molecule has 0 saturated heterocycles. The highest BCUT2D eigenvalue weighted by atomic mass is 16.3. The number of aliphatic hydroxyl groups is 1. The van der Waals surface area contributed by atoms with E-state index in [2.05, 4.69) is 15.3 Å². The molecule has 0 spiro atoms. The van der Waals surface area contributed by atoms with Gasteiger partial charge in [-0.25, -0.2) is 0 Å². The lowest BCUT2D eigenvalue weighted by atomic mass is 10.1. The molecule has 2 rings (SSSR count). The van der Waals surface area contributed by atoms with Gasteiger partial charge in [-0.15, -0.1) is 0 Å². The quantitative estimate of drug-likeness (QED) is 0.739. The number of rotatable bonds is 2. The Labute approximate surface area is 81.0 Å². The third kappa shape index (κ3) is 1.62. The zero-order chi connectivity index (χ0) is 9.97. The topological polar surface area (TPSA) is 63.8 Å². The van der Waals surface area contributed by atoms with E-state index in [4.69, 9.17) is 0 Å². The van der Waals surface area contributed by atoms with Crippen LogP contribution in [-0.4, -0.2) is 25.1 Å². The second-order valence-corrected chi connectivity index (χ2v) is 2.99. The molecule has 0 aromatic carbocycles. The van der Waals surface area contributed by atoms with Crippen molar-refractivity contribution in [1.29, 1.82) is 0 Å². The highest BCUT2D eigenvalue weighted by molar-refractivity contribution is 5.20. The van der Waals surface area contributed by atoms with Crippen molar-refractivity contribution in [1.82, 2.24) is 20.0 Å². The normalized spacial score (nSPS) is 12.7. The van der Waals surface area contributed by atoms with E-state index in [9.17, 15) is 5.11 Å². The van der Waals surface area contributed by atoms with E-state index >= 15 is 0 Å². The van der Waals surface area contributed by atoms with Crippen LogP contribution in [0, 0.1) is 0 Å². The lowest BCUT2D eigenvalue weighted by Crippen LogP contribution is -2.02. The summed E-state index contributed by atoms with van der Waals surface area (Å²) in [5.74, 6) is 0. The molecule has 2 heterocycles. The van der Waals surface area contributed by atoms with Crippen molar-refractivity contribution in [3.8, 4) is 0 Å². The Balaban J connectivity index is 2.29. The predicted octanol–water partition coefficient (Wildman–Crippen LogP) is 0.292. The van der Waals surface area contributed by atoms with Crippen LogP contribution < -0.4 is 0 Å². The summed E-state index contributed by atoms with van der Waals surface area (Å²) < 4.78 is 1.65. The molecule has 0 amide bonds. The highest BCUT2D eigenvalue weighted by Crippen LogP contribution is 2.17. The Morgan fingerprint density at radius 1 is 1.36 bits per heavy atom. The Morgan fingerprint density at radius 3 is 2.79 bits per heavy atom. The summed E-state index contributed by atoms with van der Waals surface area (Å²) in [5.41, 5.74) is 1.30. The lowest BCUT2D eigenvalue weighted by molar-refractivity contribution is 0.213. The van der Waals surface area contributed by atoms with E-state index in [1.165, 1.54) is 6.20 Å². The van der Waals surface area contributed by atoms with Crippen LogP contribution in [0.3, 0.4) is 0 Å². The average Bonchev–Trinajstić information content (AvgIpc) is 2.65. The maximum absolute atomic E-state index is 9.86. The molecule has 0 fully saturated rings. The van der Waals surface area contributed by atoms with Crippen molar-refractivity contribution in [3.05, 3.63) is 42.0 Å². The summed E-state index contributed by atoms with van der Waals surface area (Å²) in [5, 5.41) is 21.3. The largest absolute Gasteiger partial charge is 0.382 e. The second-order valence-electron chi connectivity index (χ2n) is 2.99. The highest BCUT2D eigenvalue weighted by Gasteiger charge is 2.12. The fraction of sp³-hybridized carbons (Fsp3) is 0.222. The molecule has 0 aliphatic heterocycles. The van der Waals surface area contributed by atoms with Gasteiger partial charge in [0.15, 0.2) is 0 Å². The van der Waals surface area contributed by atoms with E-state index < -0.39 is 6.10 Å². The lowest BCUT2D eigenvalue weighted by Gasteiger charge is -2.05. The second kappa shape index (κ2) is 3.55. The Bertz CT molecular complexity index is 412. The molecule has 14 heavy (non-hydrogen) atoms. The van der Waals surface area contributed by atoms with Crippen molar-refractivity contribution >= 4 is 0 Å². The van der Waals surface area contributed by atoms with Crippen LogP contribution in [0.25, 0.3) is 0 Å². The molecule has 0 radical (unpaired) electrons. The van der Waals surface area contributed by atoms with Gasteiger partial charge < -0.3 is 5.11 Å². The van der Waals surface area contributed by atoms with Crippen LogP contribution in [0.2, 0.25) is 0 Å². The average molecular weight is 190 g/mol. The fourth-order valence-electron chi connectivity index (χ4n) is 1.21. The van der Waals surface area contributed by atoms with Gasteiger partial charge in [0.1, 0.15) is 6.10 Å². The summed E-state index contributed by atoms with van der Waals surface area (Å²) in [6.07, 6.45) is 4.13. The summed E-state index contributed by atoms with van der Waals surface area (Å²) >= 11 is 0. The Hall–Kier alpha value is -1.75. The molecule has 5 nitrogen and oxygen atoms in total. The molecular formula is C9H10N4O. The summed E-state index contributed by atoms with van der Waals surface area (Å²) in [7, 11) is 1.81. The van der Waals surface area contributed by atoms with E-state index in [1.807, 2.05) is 0 Å². The SMILES string of the molecule is Cn1ccc(C(O)c2ccnnc2)n1. The van der Waals surface area contributed by atoms with Gasteiger partial charge in [0.25, 0.3) is 0 Å². The number of nitrogens with zero attached hydrogens (tertiary/aromatic N) is 4. The zero-order valence-corrected chi connectivity index (χ0v) is 7.70. The van der Waals surface area contributed by atoms with Gasteiger partial charge in [0, 0.05) is 25.0 Å². The van der Waals surface area contributed by atoms with Crippen molar-refractivity contribution in [2.75, 3.05) is 0 Å². The number of aryl methyl sites for hydroxylation is 1. The molecule has 5 heteroatoms. The Kier molecular flexibility index (Phi) is 2.24. The van der Waals surface area contributed by atoms with E-state index in [0.29, 0.717) is 11.3 Å². The van der Waals surface area contributed by atoms with Gasteiger partial charge >= 0.3 is 0 Å². The number of hydrogen-bond donors (Lipinski definition) is 1. The molecule has 0 aliphatic rings. The van der Waals surface area contributed by atoms with Crippen LogP contribution in [0.15, 0.2) is 30.7 Å². The molecule has 2 aromatic heterocycles. The van der Waals surface area contributed by atoms with Crippen molar-refractivity contribution < 1.29 is 5.11 Å². The van der Waals surface area contributed by atoms with Crippen molar-refractivity contribution in [2.45, 2.75) is 6.10 Å². The zero-order valence-electron chi connectivity index (χ0n) is 7.70. The summed E-state index contributed by atoms with van der Waals surface area (Å²) in [4.78, 5) is 0. The van der Waals surface area contributed by atoms with Gasteiger partial charge in [-0.2, -0.15) is 15.3 Å². The third-order valence-corrected chi connectivity index (χ3v) is 1.94. The minimum Gasteiger partial charge on any atom is -0.382 e. The minimum atomic E-state index is -0.730. The smallest absolute Gasteiger partial charge is 0.124 e. The molecule has 0 bridgehead atoms. The van der Waals surface area contributed by atoms with Crippen LogP contribution in [0.1, 0.15) is 17.4 Å². The van der Waals surface area contributed by atoms with Crippen molar-refractivity contribution in [3.63, 3.8) is 0 Å². The molecule has 1 atom stereocenters. The van der Waals surface area contributed by atoms with Gasteiger partial charge in [-0.05, 0) is 12.1 Å². The first-order chi connectivity index (χ1) is 6.77. The molecule has 1 N–H and O–H groups in total. The van der Waals surface area contributed by atoms with E-state index in [-0.39, 0.29) is 0 Å². The van der Waals surface area contributed by atoms with Crippen molar-refractivity contribution in [2.24, 2.45) is 7.05 Å². The summed E-state index contributed by atoms with van der Waals surface area (Å²) in [6, 6.07) is 3.48. The predicted molar refractivity (Wildman–Crippen MR) is 49.3 cm³/mol. The van der Waals surface area contributed by atoms with Gasteiger partial charge in [0.05, 0.1) is 11.9 Å². The van der Waals surface area contributed by atoms with E-state index in [1.54, 1.807) is 36.3 Å². The number of aromatic nitrogens is 4. The first-order valence-electron chi connectivity index (χ1n) is 4.21. The minimum absolute atomic E-state index is 0.612. The third-order valence-electron chi connectivity index (χ3n) is 1.94. The fourth-order valence-corrected chi connectivity index (χ4v) is 1.21. The summed E-state index contributed by atoms with van der Waals surface area (Å²) in [6.45, 7) is 0. The van der Waals surface area contributed by atoms with Gasteiger partial charge in [-0.1, -0.05) is 0 Å². The first-order valence-corrected chi connectivity index (χ1v) is 4.21. The Morgan fingerprint density at radius 2 is 2.21 bits per heavy atom. The molecule has 2 aromatic rings. The van der Waals surface area contributed by atoms with Crippen LogP contribution in [0.4, 0.5) is 0 Å². The van der Waals surface area contributed by atoms with E-state index in [0.717, 1.165) is 0 Å².